The second kappa shape index (κ2) is 7.40. The average molecular weight is 338 g/mol. The number of carbonyl (C=O) groups excluding carboxylic acids is 1. The number of aromatic nitrogens is 2. The Morgan fingerprint density at radius 2 is 1.96 bits per heavy atom. The molecule has 4 rings (SSSR count). The highest BCUT2D eigenvalue weighted by molar-refractivity contribution is 5.79. The van der Waals surface area contributed by atoms with Crippen LogP contribution in [0.4, 0.5) is 0 Å². The largest absolute Gasteiger partial charge is 0.348 e. The molecule has 1 aromatic heterocycles. The Morgan fingerprint density at radius 1 is 1.16 bits per heavy atom. The molecule has 0 radical (unpaired) electrons. The molecule has 0 bridgehead atoms. The van der Waals surface area contributed by atoms with Gasteiger partial charge in [0.25, 0.3) is 0 Å². The summed E-state index contributed by atoms with van der Waals surface area (Å²) in [6.45, 7) is 4.77. The Morgan fingerprint density at radius 3 is 2.76 bits per heavy atom. The van der Waals surface area contributed by atoms with Crippen LogP contribution in [0, 0.1) is 5.92 Å². The summed E-state index contributed by atoms with van der Waals surface area (Å²) >= 11 is 0. The van der Waals surface area contributed by atoms with E-state index in [0.29, 0.717) is 5.91 Å². The molecule has 2 aliphatic rings. The molecule has 0 spiro atoms. The first kappa shape index (κ1) is 16.3. The Hall–Kier alpha value is -2.14. The molecule has 1 amide bonds. The molecule has 5 heteroatoms. The summed E-state index contributed by atoms with van der Waals surface area (Å²) in [5.41, 5.74) is 3.69. The third-order valence-electron chi connectivity index (χ3n) is 5.58. The van der Waals surface area contributed by atoms with Gasteiger partial charge in [-0.05, 0) is 24.8 Å². The lowest BCUT2D eigenvalue weighted by atomic mass is 9.88. The number of carbonyl (C=O) groups is 1. The van der Waals surface area contributed by atoms with Crippen molar-refractivity contribution >= 4 is 5.91 Å². The van der Waals surface area contributed by atoms with Crippen molar-refractivity contribution in [3.05, 3.63) is 53.6 Å². The van der Waals surface area contributed by atoms with Crippen molar-refractivity contribution < 1.29 is 4.79 Å². The minimum atomic E-state index is 0.129. The maximum absolute atomic E-state index is 12.8. The number of hydrogen-bond donors (Lipinski definition) is 1. The molecule has 1 atom stereocenters. The predicted octanol–water partition coefficient (Wildman–Crippen LogP) is 1.90. The van der Waals surface area contributed by atoms with Crippen molar-refractivity contribution in [1.82, 2.24) is 19.8 Å². The van der Waals surface area contributed by atoms with Gasteiger partial charge in [0.05, 0.1) is 12.0 Å². The van der Waals surface area contributed by atoms with Crippen LogP contribution in [0.25, 0.3) is 0 Å². The molecule has 2 aromatic rings. The second-order valence-corrected chi connectivity index (χ2v) is 7.17. The number of rotatable bonds is 4. The molecule has 1 fully saturated rings. The Labute approximate surface area is 149 Å². The normalized spacial score (nSPS) is 21.1. The van der Waals surface area contributed by atoms with Gasteiger partial charge in [-0.25, -0.2) is 4.98 Å². The van der Waals surface area contributed by atoms with Crippen LogP contribution in [0.15, 0.2) is 36.7 Å². The molecule has 2 heterocycles. The molecule has 1 aliphatic heterocycles. The number of piperazine rings is 1. The van der Waals surface area contributed by atoms with Crippen LogP contribution in [0.5, 0.6) is 0 Å². The fourth-order valence-corrected chi connectivity index (χ4v) is 3.99. The van der Waals surface area contributed by atoms with Gasteiger partial charge >= 0.3 is 0 Å². The summed E-state index contributed by atoms with van der Waals surface area (Å²) < 4.78 is 0. The van der Waals surface area contributed by atoms with Gasteiger partial charge < -0.3 is 9.88 Å². The quantitative estimate of drug-likeness (QED) is 0.926. The molecule has 1 unspecified atom stereocenters. The van der Waals surface area contributed by atoms with Crippen LogP contribution in [-0.4, -0.2) is 58.4 Å². The zero-order valence-electron chi connectivity index (χ0n) is 14.7. The fraction of sp³-hybridized carbons (Fsp3) is 0.500. The molecule has 1 aliphatic carbocycles. The molecular formula is C20H26N4O. The topological polar surface area (TPSA) is 52.2 Å². The van der Waals surface area contributed by atoms with Crippen LogP contribution in [0.1, 0.15) is 23.4 Å². The molecule has 1 aromatic carbocycles. The van der Waals surface area contributed by atoms with E-state index in [2.05, 4.69) is 50.1 Å². The highest BCUT2D eigenvalue weighted by atomic mass is 16.2. The minimum Gasteiger partial charge on any atom is -0.348 e. The van der Waals surface area contributed by atoms with E-state index in [1.165, 1.54) is 5.56 Å². The lowest BCUT2D eigenvalue weighted by molar-refractivity contribution is -0.137. The van der Waals surface area contributed by atoms with Gasteiger partial charge in [0.15, 0.2) is 0 Å². The molecule has 132 valence electrons. The van der Waals surface area contributed by atoms with E-state index in [9.17, 15) is 4.79 Å². The highest BCUT2D eigenvalue weighted by Crippen LogP contribution is 2.25. The first-order chi connectivity index (χ1) is 12.3. The standard InChI is InChI=1S/C20H26N4O/c25-20(17-6-7-18-19(14-17)22-15-21-18)24-12-10-23(11-13-24)9-8-16-4-2-1-3-5-16/h1-5,15,17H,6-14H2,(H,21,22). The number of imidazole rings is 1. The number of fused-ring (bicyclic) bond motifs is 1. The fourth-order valence-electron chi connectivity index (χ4n) is 3.99. The van der Waals surface area contributed by atoms with Crippen LogP contribution in [0.3, 0.4) is 0 Å². The third-order valence-corrected chi connectivity index (χ3v) is 5.58. The monoisotopic (exact) mass is 338 g/mol. The smallest absolute Gasteiger partial charge is 0.226 e. The summed E-state index contributed by atoms with van der Waals surface area (Å²) in [5, 5.41) is 0. The lowest BCUT2D eigenvalue weighted by Crippen LogP contribution is -2.51. The maximum Gasteiger partial charge on any atom is 0.226 e. The van der Waals surface area contributed by atoms with Gasteiger partial charge in [-0.2, -0.15) is 0 Å². The van der Waals surface area contributed by atoms with E-state index in [1.54, 1.807) is 6.33 Å². The Bertz CT molecular complexity index is 703. The highest BCUT2D eigenvalue weighted by Gasteiger charge is 2.31. The number of nitrogens with zero attached hydrogens (tertiary/aromatic N) is 3. The van der Waals surface area contributed by atoms with Crippen molar-refractivity contribution in [2.45, 2.75) is 25.7 Å². The Balaban J connectivity index is 1.25. The number of nitrogens with one attached hydrogen (secondary N) is 1. The lowest BCUT2D eigenvalue weighted by Gasteiger charge is -2.37. The summed E-state index contributed by atoms with van der Waals surface area (Å²) in [6.07, 6.45) is 5.52. The van der Waals surface area contributed by atoms with Crippen LogP contribution in [0.2, 0.25) is 0 Å². The van der Waals surface area contributed by atoms with Crippen LogP contribution < -0.4 is 0 Å². The summed E-state index contributed by atoms with van der Waals surface area (Å²) in [7, 11) is 0. The number of aryl methyl sites for hydroxylation is 1. The second-order valence-electron chi connectivity index (χ2n) is 7.17. The SMILES string of the molecule is O=C(C1CCc2nc[nH]c2C1)N1CCN(CCc2ccccc2)CC1. The molecule has 0 saturated carbocycles. The Kier molecular flexibility index (Phi) is 4.83. The van der Waals surface area contributed by atoms with Crippen LogP contribution >= 0.6 is 0 Å². The van der Waals surface area contributed by atoms with Crippen molar-refractivity contribution in [2.75, 3.05) is 32.7 Å². The summed E-state index contributed by atoms with van der Waals surface area (Å²) in [6, 6.07) is 10.6. The van der Waals surface area contributed by atoms with E-state index in [0.717, 1.165) is 69.8 Å². The number of hydrogen-bond acceptors (Lipinski definition) is 3. The molecule has 1 N–H and O–H groups in total. The molecule has 25 heavy (non-hydrogen) atoms. The molecular weight excluding hydrogens is 312 g/mol. The first-order valence-corrected chi connectivity index (χ1v) is 9.36. The molecule has 1 saturated heterocycles. The van der Waals surface area contributed by atoms with Gasteiger partial charge in [-0.15, -0.1) is 0 Å². The van der Waals surface area contributed by atoms with E-state index < -0.39 is 0 Å². The summed E-state index contributed by atoms with van der Waals surface area (Å²) in [4.78, 5) is 24.9. The first-order valence-electron chi connectivity index (χ1n) is 9.36. The van der Waals surface area contributed by atoms with E-state index in [4.69, 9.17) is 0 Å². The van der Waals surface area contributed by atoms with Gasteiger partial charge in [0.2, 0.25) is 5.91 Å². The van der Waals surface area contributed by atoms with Crippen molar-refractivity contribution in [1.29, 1.82) is 0 Å². The van der Waals surface area contributed by atoms with Gasteiger partial charge in [0, 0.05) is 50.8 Å². The van der Waals surface area contributed by atoms with E-state index in [1.807, 2.05) is 0 Å². The van der Waals surface area contributed by atoms with Gasteiger partial charge in [-0.3, -0.25) is 9.69 Å². The zero-order valence-corrected chi connectivity index (χ0v) is 14.7. The van der Waals surface area contributed by atoms with Gasteiger partial charge in [-0.1, -0.05) is 30.3 Å². The summed E-state index contributed by atoms with van der Waals surface area (Å²) in [5.74, 6) is 0.465. The van der Waals surface area contributed by atoms with E-state index in [-0.39, 0.29) is 5.92 Å². The minimum absolute atomic E-state index is 0.129. The maximum atomic E-state index is 12.8. The van der Waals surface area contributed by atoms with Gasteiger partial charge in [0.1, 0.15) is 0 Å². The number of H-pyrrole nitrogens is 1. The van der Waals surface area contributed by atoms with E-state index >= 15 is 0 Å². The zero-order chi connectivity index (χ0) is 17.1. The third kappa shape index (κ3) is 3.76. The van der Waals surface area contributed by atoms with Crippen molar-refractivity contribution in [3.63, 3.8) is 0 Å². The van der Waals surface area contributed by atoms with Crippen molar-refractivity contribution in [3.8, 4) is 0 Å². The average Bonchev–Trinajstić information content (AvgIpc) is 3.15. The molecule has 5 nitrogen and oxygen atoms in total. The number of benzene rings is 1. The van der Waals surface area contributed by atoms with Crippen molar-refractivity contribution in [2.24, 2.45) is 5.92 Å². The predicted molar refractivity (Wildman–Crippen MR) is 97.3 cm³/mol. The number of amides is 1. The van der Waals surface area contributed by atoms with Crippen LogP contribution in [-0.2, 0) is 24.1 Å². The number of aromatic amines is 1.